The molecule has 8 N–H and O–H groups in total. The van der Waals surface area contributed by atoms with Crippen LogP contribution in [0.5, 0.6) is 23.0 Å². The summed E-state index contributed by atoms with van der Waals surface area (Å²) in [6.45, 7) is 18.0. The summed E-state index contributed by atoms with van der Waals surface area (Å²) in [5, 5.41) is 17.0. The van der Waals surface area contributed by atoms with Gasteiger partial charge in [-0.15, -0.1) is 0 Å². The summed E-state index contributed by atoms with van der Waals surface area (Å²) < 4.78 is 91.0. The highest BCUT2D eigenvalue weighted by atomic mass is 32.2. The number of hydrogen-bond acceptors (Lipinski definition) is 16. The molecule has 8 aliphatic rings. The van der Waals surface area contributed by atoms with Gasteiger partial charge >= 0.3 is 24.2 Å². The first-order valence-corrected chi connectivity index (χ1v) is 47.9. The Labute approximate surface area is 762 Å². The Morgan fingerprint density at radius 3 is 0.869 bits per heavy atom. The quantitative estimate of drug-likeness (QED) is 0.0396. The SMILES string of the molecule is CC(C)S(=O)(=O)Nc1ccc(C2=CC3(CCN(C(=O)OCc4ccccc4)CC3)Oc3ccccc32)cc1.CC(C)S(=O)(=O)Nc1ccc(C2=CC3(CCNCC3)Oc3ccccc32)cc1.CCNC(=O)Nc1ccc(C2=CC3(CCN(C(=O)OCc4ccccc4)CC3)Oc3ccccc32)cc1.CCNC(=O)Nc1ccc(C2=CC3(CCNCC3)Oc3ccccc32)cc1. The predicted octanol–water partition coefficient (Wildman–Crippen LogP) is 19.2. The lowest BCUT2D eigenvalue weighted by Crippen LogP contribution is -2.49. The molecular weight excluding hydrogens is 1680 g/mol. The van der Waals surface area contributed by atoms with Crippen molar-refractivity contribution in [3.63, 3.8) is 0 Å². The summed E-state index contributed by atoms with van der Waals surface area (Å²) in [4.78, 5) is 52.5. The molecule has 26 heteroatoms. The van der Waals surface area contributed by atoms with E-state index in [-0.39, 0.29) is 48.7 Å². The zero-order valence-corrected chi connectivity index (χ0v) is 75.9. The second-order valence-corrected chi connectivity index (χ2v) is 38.6. The molecule has 0 radical (unpaired) electrons. The second-order valence-electron chi connectivity index (χ2n) is 34.1. The van der Waals surface area contributed by atoms with E-state index in [1.54, 1.807) is 49.6 Å². The minimum absolute atomic E-state index is 0.186. The fourth-order valence-corrected chi connectivity index (χ4v) is 18.4. The fourth-order valence-electron chi connectivity index (χ4n) is 17.0. The standard InChI is InChI=1S/C30H31N3O4.C30H32N2O5S.C22H25N3O2.C22H26N2O3S/c1-2-31-28(34)32-24-14-12-23(13-15-24)26-20-30(37-27-11-7-6-10-25(26)27)16-18-33(19-17-30)29(35)36-21-22-8-4-3-5-9-22;1-22(2)38(34,35)31-25-14-12-24(13-15-25)27-20-30(37-28-11-7-6-10-26(27)28)16-18-32(19-17-30)29(33)36-21-23-8-4-3-5-9-23;1-2-24-21(26)25-17-9-7-16(8-10-17)19-15-22(11-13-23-14-12-22)27-20-6-4-3-5-18(19)20;1-16(2)28(25,26)24-18-9-7-17(8-10-18)20-15-22(11-13-23-14-12-22)27-21-6-4-3-5-19(20)21/h3-15,20H,2,16-19,21H2,1H3,(H2,31,32,34);3-15,20,22,31H,16-19,21H2,1-2H3;3-10,15,23H,2,11-14H2,1H3,(H2,24,25,26);3-10,15-16,23-24H,11-14H2,1-2H3. The third-order valence-corrected chi connectivity index (χ3v) is 27.9. The van der Waals surface area contributed by atoms with Crippen LogP contribution in [0.1, 0.15) is 149 Å². The highest BCUT2D eigenvalue weighted by Gasteiger charge is 2.44. The third kappa shape index (κ3) is 22.6. The van der Waals surface area contributed by atoms with Gasteiger partial charge < -0.3 is 70.1 Å². The topological polar surface area (TPSA) is 295 Å². The van der Waals surface area contributed by atoms with E-state index in [0.29, 0.717) is 76.3 Å². The van der Waals surface area contributed by atoms with Crippen molar-refractivity contribution < 1.29 is 64.4 Å². The Morgan fingerprint density at radius 1 is 0.346 bits per heavy atom. The number of nitrogens with zero attached hydrogens (tertiary/aromatic N) is 2. The van der Waals surface area contributed by atoms with Crippen molar-refractivity contribution in [3.05, 3.63) is 335 Å². The number of nitrogens with one attached hydrogen (secondary N) is 8. The molecule has 0 aliphatic carbocycles. The normalized spacial score (nSPS) is 16.8. The second kappa shape index (κ2) is 41.1. The predicted molar refractivity (Wildman–Crippen MR) is 513 cm³/mol. The summed E-state index contributed by atoms with van der Waals surface area (Å²) in [5.74, 6) is 3.49. The van der Waals surface area contributed by atoms with Gasteiger partial charge in [0.05, 0.1) is 10.5 Å². The first kappa shape index (κ1) is 91.6. The fraction of sp³-hybridized carbons (Fsp3) is 0.308. The Morgan fingerprint density at radius 2 is 0.600 bits per heavy atom. The Bertz CT molecular complexity index is 6000. The molecule has 0 aromatic heterocycles. The van der Waals surface area contributed by atoms with Crippen molar-refractivity contribution in [2.24, 2.45) is 0 Å². The zero-order chi connectivity index (χ0) is 90.9. The average molecular weight is 1790 g/mol. The molecular formula is C104H114N10O14S2. The van der Waals surface area contributed by atoms with E-state index in [2.05, 4.69) is 102 Å². The van der Waals surface area contributed by atoms with Gasteiger partial charge in [-0.05, 0) is 220 Å². The van der Waals surface area contributed by atoms with Crippen LogP contribution in [0.4, 0.5) is 41.9 Å². The van der Waals surface area contributed by atoms with Gasteiger partial charge in [-0.3, -0.25) is 9.44 Å². The van der Waals surface area contributed by atoms with Crippen LogP contribution in [-0.2, 0) is 42.7 Å². The summed E-state index contributed by atoms with van der Waals surface area (Å²) in [5.41, 5.74) is 15.8. The molecule has 24 nitrogen and oxygen atoms in total. The number of rotatable bonds is 18. The Hall–Kier alpha value is -13.1. The van der Waals surface area contributed by atoms with Crippen LogP contribution in [0, 0.1) is 0 Å². The van der Waals surface area contributed by atoms with Gasteiger partial charge in [-0.1, -0.05) is 182 Å². The number of fused-ring (bicyclic) bond motifs is 4. The molecule has 8 aliphatic heterocycles. The Balaban J connectivity index is 0.000000134. The number of urea groups is 2. The summed E-state index contributed by atoms with van der Waals surface area (Å²) in [6.07, 6.45) is 14.7. The number of hydrogen-bond donors (Lipinski definition) is 8. The van der Waals surface area contributed by atoms with Crippen molar-refractivity contribution in [3.8, 4) is 23.0 Å². The molecule has 10 aromatic rings. The van der Waals surface area contributed by atoms with Crippen LogP contribution >= 0.6 is 0 Å². The number of benzene rings is 10. The van der Waals surface area contributed by atoms with Gasteiger partial charge in [0.25, 0.3) is 0 Å². The number of carbonyl (C=O) groups excluding carboxylic acids is 4. The number of sulfonamides is 2. The lowest BCUT2D eigenvalue weighted by Gasteiger charge is -2.42. The van der Waals surface area contributed by atoms with E-state index in [0.717, 1.165) is 159 Å². The maximum absolute atomic E-state index is 12.7. The largest absolute Gasteiger partial charge is 0.482 e. The minimum Gasteiger partial charge on any atom is -0.482 e. The molecule has 0 unspecified atom stereocenters. The monoisotopic (exact) mass is 1790 g/mol. The molecule has 4 spiro atoms. The maximum Gasteiger partial charge on any atom is 0.410 e. The lowest BCUT2D eigenvalue weighted by molar-refractivity contribution is 0.0278. The summed E-state index contributed by atoms with van der Waals surface area (Å²) >= 11 is 0. The number of ether oxygens (including phenoxy) is 6. The summed E-state index contributed by atoms with van der Waals surface area (Å²) in [7, 11) is -6.77. The minimum atomic E-state index is -3.42. The first-order valence-electron chi connectivity index (χ1n) is 44.8. The van der Waals surface area contributed by atoms with Gasteiger partial charge in [0.15, 0.2) is 0 Å². The molecule has 130 heavy (non-hydrogen) atoms. The van der Waals surface area contributed by atoms with Gasteiger partial charge in [0.1, 0.15) is 58.6 Å². The summed E-state index contributed by atoms with van der Waals surface area (Å²) in [6, 6.07) is 82.1. The number of likely N-dealkylation sites (tertiary alicyclic amines) is 2. The highest BCUT2D eigenvalue weighted by Crippen LogP contribution is 2.48. The number of piperidine rings is 4. The van der Waals surface area contributed by atoms with Crippen LogP contribution in [0.2, 0.25) is 0 Å². The number of anilines is 4. The van der Waals surface area contributed by atoms with Crippen molar-refractivity contribution in [1.82, 2.24) is 31.1 Å². The highest BCUT2D eigenvalue weighted by molar-refractivity contribution is 7.93. The number of carbonyl (C=O) groups is 4. The van der Waals surface area contributed by atoms with E-state index >= 15 is 0 Å². The lowest BCUT2D eigenvalue weighted by atomic mass is 9.83. The van der Waals surface area contributed by atoms with E-state index in [4.69, 9.17) is 28.4 Å². The van der Waals surface area contributed by atoms with Crippen LogP contribution in [0.25, 0.3) is 22.3 Å². The van der Waals surface area contributed by atoms with Crippen LogP contribution in [0.15, 0.2) is 279 Å². The number of para-hydroxylation sites is 4. The molecule has 0 bridgehead atoms. The van der Waals surface area contributed by atoms with Gasteiger partial charge in [-0.2, -0.15) is 0 Å². The molecule has 4 saturated heterocycles. The van der Waals surface area contributed by atoms with Crippen molar-refractivity contribution in [2.75, 3.05) is 85.5 Å². The number of amides is 6. The van der Waals surface area contributed by atoms with Crippen molar-refractivity contribution in [1.29, 1.82) is 0 Å². The molecule has 8 heterocycles. The van der Waals surface area contributed by atoms with E-state index in [1.807, 2.05) is 220 Å². The molecule has 18 rings (SSSR count). The Kier molecular flexibility index (Phi) is 29.0. The van der Waals surface area contributed by atoms with Crippen LogP contribution in [0.3, 0.4) is 0 Å². The molecule has 4 fully saturated rings. The zero-order valence-electron chi connectivity index (χ0n) is 74.3. The van der Waals surface area contributed by atoms with Crippen molar-refractivity contribution >= 4 is 89.3 Å². The van der Waals surface area contributed by atoms with Crippen LogP contribution in [-0.4, -0.2) is 149 Å². The average Bonchev–Trinajstić information content (AvgIpc) is 0.770. The van der Waals surface area contributed by atoms with Gasteiger partial charge in [-0.25, -0.2) is 36.0 Å². The van der Waals surface area contributed by atoms with Crippen molar-refractivity contribution in [2.45, 2.75) is 139 Å². The first-order chi connectivity index (χ1) is 62.9. The van der Waals surface area contributed by atoms with E-state index in [9.17, 15) is 36.0 Å². The smallest absolute Gasteiger partial charge is 0.410 e. The van der Waals surface area contributed by atoms with Gasteiger partial charge in [0.2, 0.25) is 20.0 Å². The maximum atomic E-state index is 12.7. The molecule has 0 saturated carbocycles. The van der Waals surface area contributed by atoms with Gasteiger partial charge in [0, 0.05) is 136 Å². The third-order valence-electron chi connectivity index (χ3n) is 24.4. The molecule has 6 amide bonds. The van der Waals surface area contributed by atoms with Crippen LogP contribution < -0.4 is 60.3 Å². The van der Waals surface area contributed by atoms with E-state index in [1.165, 1.54) is 5.57 Å². The molecule has 0 atom stereocenters. The molecule has 10 aromatic carbocycles. The van der Waals surface area contributed by atoms with E-state index < -0.39 is 41.7 Å². The molecule has 676 valence electrons.